The second-order valence-electron chi connectivity index (χ2n) is 4.33. The Labute approximate surface area is 119 Å². The summed E-state index contributed by atoms with van der Waals surface area (Å²) in [6.07, 6.45) is -5.23. The van der Waals surface area contributed by atoms with Crippen LogP contribution in [0.3, 0.4) is 0 Å². The number of benzene rings is 1. The molecule has 1 aromatic rings. The van der Waals surface area contributed by atoms with Crippen molar-refractivity contribution >= 4 is 6.09 Å². The molecule has 116 valence electrons. The number of carbonyl (C=O) groups is 1. The van der Waals surface area contributed by atoms with E-state index in [9.17, 15) is 22.4 Å². The van der Waals surface area contributed by atoms with Gasteiger partial charge in [0.1, 0.15) is 18.1 Å². The average molecular weight is 306 g/mol. The van der Waals surface area contributed by atoms with Crippen LogP contribution in [0, 0.1) is 5.82 Å². The van der Waals surface area contributed by atoms with Crippen molar-refractivity contribution < 1.29 is 27.1 Å². The first kappa shape index (κ1) is 16.8. The van der Waals surface area contributed by atoms with Crippen molar-refractivity contribution in [2.75, 3.05) is 14.1 Å². The molecule has 0 aliphatic carbocycles. The smallest absolute Gasteiger partial charge is 0.432 e. The van der Waals surface area contributed by atoms with Crippen LogP contribution < -0.4 is 5.32 Å². The zero-order valence-electron chi connectivity index (χ0n) is 11.4. The molecular weight excluding hydrogens is 292 g/mol. The van der Waals surface area contributed by atoms with Gasteiger partial charge < -0.3 is 9.64 Å². The van der Waals surface area contributed by atoms with Crippen molar-refractivity contribution in [1.29, 1.82) is 0 Å². The summed E-state index contributed by atoms with van der Waals surface area (Å²) < 4.78 is 55.2. The monoisotopic (exact) mass is 306 g/mol. The maximum atomic E-state index is 12.7. The predicted molar refractivity (Wildman–Crippen MR) is 67.5 cm³/mol. The first-order chi connectivity index (χ1) is 9.68. The lowest BCUT2D eigenvalue weighted by Gasteiger charge is -2.16. The molecule has 0 saturated heterocycles. The van der Waals surface area contributed by atoms with E-state index in [1.807, 2.05) is 0 Å². The van der Waals surface area contributed by atoms with Gasteiger partial charge in [-0.25, -0.2) is 9.18 Å². The van der Waals surface area contributed by atoms with E-state index < -0.39 is 23.8 Å². The van der Waals surface area contributed by atoms with E-state index in [0.29, 0.717) is 5.56 Å². The van der Waals surface area contributed by atoms with E-state index in [4.69, 9.17) is 0 Å². The van der Waals surface area contributed by atoms with E-state index in [2.05, 4.69) is 4.74 Å². The number of nitrogens with one attached hydrogen (secondary N) is 1. The highest BCUT2D eigenvalue weighted by molar-refractivity contribution is 5.69. The quantitative estimate of drug-likeness (QED) is 0.870. The summed E-state index contributed by atoms with van der Waals surface area (Å²) in [7, 11) is 2.77. The molecule has 0 unspecified atom stereocenters. The third kappa shape index (κ3) is 6.15. The van der Waals surface area contributed by atoms with E-state index in [1.54, 1.807) is 5.32 Å². The molecule has 4 nitrogen and oxygen atoms in total. The number of carbonyl (C=O) groups excluding carboxylic acids is 1. The molecule has 0 radical (unpaired) electrons. The number of ether oxygens (including phenoxy) is 1. The molecule has 0 aromatic heterocycles. The van der Waals surface area contributed by atoms with Crippen molar-refractivity contribution in [3.63, 3.8) is 0 Å². The lowest BCUT2D eigenvalue weighted by Crippen LogP contribution is -2.33. The Balaban J connectivity index is 2.61. The lowest BCUT2D eigenvalue weighted by molar-refractivity contribution is -0.0973. The van der Waals surface area contributed by atoms with Gasteiger partial charge in [-0.3, -0.25) is 5.32 Å². The van der Waals surface area contributed by atoms with Crippen LogP contribution in [0.5, 0.6) is 0 Å². The molecule has 0 fully saturated rings. The maximum absolute atomic E-state index is 12.7. The van der Waals surface area contributed by atoms with Crippen LogP contribution in [0.4, 0.5) is 22.4 Å². The van der Waals surface area contributed by atoms with Crippen LogP contribution in [0.1, 0.15) is 5.56 Å². The molecule has 21 heavy (non-hydrogen) atoms. The number of rotatable bonds is 4. The molecule has 0 saturated carbocycles. The molecule has 1 amide bonds. The summed E-state index contributed by atoms with van der Waals surface area (Å²) in [6, 6.07) is 5.04. The van der Waals surface area contributed by atoms with Crippen molar-refractivity contribution in [2.24, 2.45) is 0 Å². The second-order valence-corrected chi connectivity index (χ2v) is 4.33. The highest BCUT2D eigenvalue weighted by Crippen LogP contribution is 2.23. The summed E-state index contributed by atoms with van der Waals surface area (Å²) in [5.41, 5.74) is -0.784. The molecule has 0 spiro atoms. The third-order valence-electron chi connectivity index (χ3n) is 2.21. The number of halogens is 4. The SMILES string of the molecule is CN(C)C=C(NC(=O)OCc1ccc(F)cc1)C(F)(F)F. The topological polar surface area (TPSA) is 41.6 Å². The van der Waals surface area contributed by atoms with Gasteiger partial charge in [-0.05, 0) is 17.7 Å². The van der Waals surface area contributed by atoms with Crippen molar-refractivity contribution in [3.05, 3.63) is 47.5 Å². The number of hydrogen-bond donors (Lipinski definition) is 1. The van der Waals surface area contributed by atoms with Crippen LogP contribution >= 0.6 is 0 Å². The Morgan fingerprint density at radius 2 is 1.86 bits per heavy atom. The van der Waals surface area contributed by atoms with E-state index >= 15 is 0 Å². The molecule has 0 heterocycles. The standard InChI is InChI=1S/C13H14F4N2O2/c1-19(2)7-11(13(15,16)17)18-12(20)21-8-9-3-5-10(14)6-4-9/h3-7H,8H2,1-2H3,(H,18,20). The van der Waals surface area contributed by atoms with E-state index in [-0.39, 0.29) is 6.61 Å². The number of amides is 1. The Morgan fingerprint density at radius 1 is 1.29 bits per heavy atom. The number of alkyl halides is 3. The number of allylic oxidation sites excluding steroid dienone is 1. The summed E-state index contributed by atoms with van der Waals surface area (Å²) >= 11 is 0. The summed E-state index contributed by atoms with van der Waals surface area (Å²) in [5.74, 6) is -0.462. The van der Waals surface area contributed by atoms with Crippen LogP contribution in [0.15, 0.2) is 36.2 Å². The summed E-state index contributed by atoms with van der Waals surface area (Å²) in [5, 5.41) is 1.63. The fourth-order valence-corrected chi connectivity index (χ4v) is 1.31. The highest BCUT2D eigenvalue weighted by atomic mass is 19.4. The van der Waals surface area contributed by atoms with Gasteiger partial charge in [0.15, 0.2) is 0 Å². The van der Waals surface area contributed by atoms with Gasteiger partial charge in [-0.1, -0.05) is 12.1 Å². The van der Waals surface area contributed by atoms with Crippen molar-refractivity contribution in [3.8, 4) is 0 Å². The largest absolute Gasteiger partial charge is 0.444 e. The predicted octanol–water partition coefficient (Wildman–Crippen LogP) is 3.02. The first-order valence-corrected chi connectivity index (χ1v) is 5.82. The fraction of sp³-hybridized carbons (Fsp3) is 0.308. The molecule has 0 aliphatic rings. The van der Waals surface area contributed by atoms with Crippen molar-refractivity contribution in [1.82, 2.24) is 10.2 Å². The molecular formula is C13H14F4N2O2. The van der Waals surface area contributed by atoms with Gasteiger partial charge in [-0.15, -0.1) is 0 Å². The van der Waals surface area contributed by atoms with Gasteiger partial charge in [0.2, 0.25) is 0 Å². The van der Waals surface area contributed by atoms with E-state index in [1.165, 1.54) is 26.2 Å². The number of nitrogens with zero attached hydrogens (tertiary/aromatic N) is 1. The van der Waals surface area contributed by atoms with Crippen LogP contribution in [-0.4, -0.2) is 31.3 Å². The maximum Gasteiger partial charge on any atom is 0.432 e. The molecule has 0 atom stereocenters. The third-order valence-corrected chi connectivity index (χ3v) is 2.21. The van der Waals surface area contributed by atoms with Crippen LogP contribution in [-0.2, 0) is 11.3 Å². The molecule has 8 heteroatoms. The molecule has 0 bridgehead atoms. The van der Waals surface area contributed by atoms with Gasteiger partial charge >= 0.3 is 12.3 Å². The Bertz CT molecular complexity index is 510. The van der Waals surface area contributed by atoms with Gasteiger partial charge in [0, 0.05) is 20.3 Å². The highest BCUT2D eigenvalue weighted by Gasteiger charge is 2.35. The van der Waals surface area contributed by atoms with Crippen LogP contribution in [0.2, 0.25) is 0 Å². The average Bonchev–Trinajstić information content (AvgIpc) is 2.36. The lowest BCUT2D eigenvalue weighted by atomic mass is 10.2. The first-order valence-electron chi connectivity index (χ1n) is 5.82. The molecule has 1 N–H and O–H groups in total. The Morgan fingerprint density at radius 3 is 2.33 bits per heavy atom. The molecule has 0 aliphatic heterocycles. The minimum absolute atomic E-state index is 0.265. The second kappa shape index (κ2) is 6.96. The molecule has 1 aromatic carbocycles. The number of hydrogen-bond acceptors (Lipinski definition) is 3. The molecule has 1 rings (SSSR count). The summed E-state index contributed by atoms with van der Waals surface area (Å²) in [6.45, 7) is -0.265. The minimum atomic E-state index is -4.71. The van der Waals surface area contributed by atoms with Crippen molar-refractivity contribution in [2.45, 2.75) is 12.8 Å². The van der Waals surface area contributed by atoms with Gasteiger partial charge in [0.05, 0.1) is 0 Å². The van der Waals surface area contributed by atoms with Gasteiger partial charge in [0.25, 0.3) is 0 Å². The Kier molecular flexibility index (Phi) is 5.57. The fourth-order valence-electron chi connectivity index (χ4n) is 1.31. The van der Waals surface area contributed by atoms with Gasteiger partial charge in [-0.2, -0.15) is 13.2 Å². The zero-order chi connectivity index (χ0) is 16.0. The van der Waals surface area contributed by atoms with E-state index in [0.717, 1.165) is 23.2 Å². The Hall–Kier alpha value is -2.25. The summed E-state index contributed by atoms with van der Waals surface area (Å²) in [4.78, 5) is 12.5. The normalized spacial score (nSPS) is 12.0. The minimum Gasteiger partial charge on any atom is -0.444 e. The van der Waals surface area contributed by atoms with Crippen LogP contribution in [0.25, 0.3) is 0 Å². The number of alkyl carbamates (subject to hydrolysis) is 1. The zero-order valence-corrected chi connectivity index (χ0v) is 11.4.